The van der Waals surface area contributed by atoms with Gasteiger partial charge in [0.2, 0.25) is 0 Å². The highest BCUT2D eigenvalue weighted by Gasteiger charge is 2.76. The van der Waals surface area contributed by atoms with Crippen LogP contribution in [0.5, 0.6) is 0 Å². The summed E-state index contributed by atoms with van der Waals surface area (Å²) in [6, 6.07) is 12.8. The van der Waals surface area contributed by atoms with E-state index in [0.717, 1.165) is 0 Å². The largest absolute Gasteiger partial charge is 0.461 e. The first-order valence-electron chi connectivity index (χ1n) is 15.6. The summed E-state index contributed by atoms with van der Waals surface area (Å²) in [5.41, 5.74) is 3.21. The zero-order valence-corrected chi connectivity index (χ0v) is 26.6. The lowest BCUT2D eigenvalue weighted by atomic mass is 9.59. The molecule has 2 aromatic carbocycles. The van der Waals surface area contributed by atoms with E-state index in [-0.39, 0.29) is 57.7 Å². The minimum Gasteiger partial charge on any atom is -0.461 e. The predicted molar refractivity (Wildman–Crippen MR) is 169 cm³/mol. The van der Waals surface area contributed by atoms with Gasteiger partial charge in [0.05, 0.1) is 22.2 Å². The van der Waals surface area contributed by atoms with Crippen molar-refractivity contribution in [1.82, 2.24) is 0 Å². The van der Waals surface area contributed by atoms with Crippen LogP contribution in [-0.2, 0) is 19.1 Å². The van der Waals surface area contributed by atoms with E-state index < -0.39 is 52.9 Å². The van der Waals surface area contributed by atoms with Crippen molar-refractivity contribution in [2.75, 3.05) is 17.7 Å². The number of aliphatic hydroxyl groups is 2. The summed E-state index contributed by atoms with van der Waals surface area (Å²) in [6.07, 6.45) is 0.839. The molecule has 2 saturated carbocycles. The maximum Gasteiger partial charge on any atom is 0.340 e. The second-order valence-electron chi connectivity index (χ2n) is 13.9. The van der Waals surface area contributed by atoms with Gasteiger partial charge in [0.15, 0.2) is 17.5 Å². The molecular weight excluding hydrogens is 588 g/mol. The molecule has 5 N–H and O–H groups in total. The number of para-hydroxylation sites is 2. The molecule has 10 nitrogen and oxygen atoms in total. The number of hydrogen-bond donors (Lipinski definition) is 4. The van der Waals surface area contributed by atoms with Gasteiger partial charge in [0.25, 0.3) is 5.91 Å². The van der Waals surface area contributed by atoms with E-state index in [1.165, 1.54) is 19.1 Å². The molecule has 8 atom stereocenters. The van der Waals surface area contributed by atoms with Crippen molar-refractivity contribution in [2.24, 2.45) is 34.5 Å². The topological polar surface area (TPSA) is 165 Å². The van der Waals surface area contributed by atoms with E-state index in [1.807, 2.05) is 6.92 Å². The third-order valence-electron chi connectivity index (χ3n) is 11.0. The average molecular weight is 629 g/mol. The minimum absolute atomic E-state index is 0.00241. The summed E-state index contributed by atoms with van der Waals surface area (Å²) in [5, 5.41) is 27.6. The number of amides is 1. The number of ether oxygens (including phenoxy) is 2. The molecule has 1 spiro atoms. The van der Waals surface area contributed by atoms with Crippen molar-refractivity contribution in [3.8, 4) is 0 Å². The van der Waals surface area contributed by atoms with Gasteiger partial charge in [-0.05, 0) is 71.9 Å². The second-order valence-corrected chi connectivity index (χ2v) is 13.9. The fraction of sp³-hybridized carbons (Fsp3) is 0.444. The van der Waals surface area contributed by atoms with E-state index in [0.29, 0.717) is 12.0 Å². The van der Waals surface area contributed by atoms with Crippen LogP contribution in [0.25, 0.3) is 0 Å². The number of nitrogen functional groups attached to an aromatic ring is 1. The summed E-state index contributed by atoms with van der Waals surface area (Å²) in [5.74, 6) is -3.11. The standard InChI is InChI=1S/C36H40N2O8/c1-18-16-35-19(2)14-25-28(34(25,4)5)24(30(35)41)15-21(17-45-20(3)39)29(40)36(35,44)31(18)46-33(43)23-11-7-9-13-27(23)38-32(42)22-10-6-8-12-26(22)37/h6-13,15-16,19,24-25,28-29,31,40,44H,14,17,37H2,1-5H3,(H,38,42). The molecule has 0 radical (unpaired) electrons. The van der Waals surface area contributed by atoms with Gasteiger partial charge in [-0.15, -0.1) is 0 Å². The molecule has 46 heavy (non-hydrogen) atoms. The third kappa shape index (κ3) is 4.52. The van der Waals surface area contributed by atoms with Crippen LogP contribution in [0.3, 0.4) is 0 Å². The van der Waals surface area contributed by atoms with Crippen LogP contribution in [-0.4, -0.2) is 58.3 Å². The molecule has 2 bridgehead atoms. The maximum absolute atomic E-state index is 14.7. The van der Waals surface area contributed by atoms with Gasteiger partial charge in [-0.2, -0.15) is 0 Å². The molecule has 242 valence electrons. The van der Waals surface area contributed by atoms with Gasteiger partial charge in [-0.3, -0.25) is 14.4 Å². The van der Waals surface area contributed by atoms with Gasteiger partial charge in [-0.25, -0.2) is 4.79 Å². The Kier molecular flexibility index (Phi) is 7.52. The lowest BCUT2D eigenvalue weighted by molar-refractivity contribution is -0.191. The molecule has 2 aromatic rings. The molecule has 4 aliphatic carbocycles. The second kappa shape index (κ2) is 10.9. The Morgan fingerprint density at radius 3 is 2.39 bits per heavy atom. The van der Waals surface area contributed by atoms with Crippen LogP contribution in [0.2, 0.25) is 0 Å². The van der Waals surface area contributed by atoms with Crippen LogP contribution in [0.15, 0.2) is 71.8 Å². The van der Waals surface area contributed by atoms with Crippen molar-refractivity contribution in [2.45, 2.75) is 58.8 Å². The monoisotopic (exact) mass is 628 g/mol. The smallest absolute Gasteiger partial charge is 0.340 e. The molecule has 2 fully saturated rings. The first-order valence-corrected chi connectivity index (χ1v) is 15.6. The number of nitrogens with one attached hydrogen (secondary N) is 1. The fourth-order valence-electron chi connectivity index (χ4n) is 8.60. The number of anilines is 2. The van der Waals surface area contributed by atoms with Crippen molar-refractivity contribution in [3.05, 3.63) is 83.0 Å². The van der Waals surface area contributed by atoms with Crippen LogP contribution in [0, 0.1) is 34.5 Å². The first-order chi connectivity index (χ1) is 21.7. The number of benzene rings is 2. The van der Waals surface area contributed by atoms with Crippen LogP contribution in [0.1, 0.15) is 61.8 Å². The Labute approximate surface area is 267 Å². The Morgan fingerprint density at radius 1 is 1.07 bits per heavy atom. The first kappa shape index (κ1) is 31.7. The van der Waals surface area contributed by atoms with Crippen molar-refractivity contribution >= 4 is 35.0 Å². The number of allylic oxidation sites excluding steroid dienone is 1. The lowest BCUT2D eigenvalue weighted by Crippen LogP contribution is -2.65. The highest BCUT2D eigenvalue weighted by atomic mass is 16.6. The molecule has 6 rings (SSSR count). The van der Waals surface area contributed by atoms with Crippen LogP contribution < -0.4 is 11.1 Å². The molecule has 4 aliphatic rings. The number of hydrogen-bond acceptors (Lipinski definition) is 9. The molecule has 8 unspecified atom stereocenters. The number of nitrogens with two attached hydrogens (primary N) is 1. The quantitative estimate of drug-likeness (QED) is 0.210. The number of Topliss-reactive ketones (excluding diaryl/α,β-unsaturated/α-hetero) is 1. The number of rotatable bonds is 6. The van der Waals surface area contributed by atoms with Crippen molar-refractivity contribution in [1.29, 1.82) is 0 Å². The number of carbonyl (C=O) groups excluding carboxylic acids is 4. The van der Waals surface area contributed by atoms with E-state index >= 15 is 0 Å². The summed E-state index contributed by atoms with van der Waals surface area (Å²) in [7, 11) is 0. The number of carbonyl (C=O) groups is 4. The average Bonchev–Trinajstić information content (AvgIpc) is 3.49. The predicted octanol–water partition coefficient (Wildman–Crippen LogP) is 4.09. The Hall–Kier alpha value is -4.28. The minimum atomic E-state index is -2.30. The summed E-state index contributed by atoms with van der Waals surface area (Å²) in [4.78, 5) is 53.5. The van der Waals surface area contributed by atoms with E-state index in [9.17, 15) is 29.4 Å². The van der Waals surface area contributed by atoms with Gasteiger partial charge in [-0.1, -0.05) is 57.2 Å². The Balaban J connectivity index is 1.38. The molecule has 0 aliphatic heterocycles. The SMILES string of the molecule is CC(=O)OCC1=CC2C(=O)C3(C=C(C)C(OC(=O)c4ccccc4NC(=O)c4ccccc4N)C3(O)C1O)C(C)CC1C2C1(C)C. The third-order valence-corrected chi connectivity index (χ3v) is 11.0. The van der Waals surface area contributed by atoms with Crippen LogP contribution >= 0.6 is 0 Å². The van der Waals surface area contributed by atoms with Crippen molar-refractivity contribution < 1.29 is 38.9 Å². The molecule has 0 aromatic heterocycles. The summed E-state index contributed by atoms with van der Waals surface area (Å²) >= 11 is 0. The fourth-order valence-corrected chi connectivity index (χ4v) is 8.60. The number of ketones is 1. The van der Waals surface area contributed by atoms with E-state index in [2.05, 4.69) is 19.2 Å². The molecule has 0 saturated heterocycles. The molecular formula is C36H40N2O8. The van der Waals surface area contributed by atoms with Gasteiger partial charge >= 0.3 is 11.9 Å². The van der Waals surface area contributed by atoms with E-state index in [4.69, 9.17) is 15.2 Å². The maximum atomic E-state index is 14.7. The number of aliphatic hydroxyl groups excluding tert-OH is 1. The highest BCUT2D eigenvalue weighted by Crippen LogP contribution is 2.71. The Morgan fingerprint density at radius 2 is 1.72 bits per heavy atom. The van der Waals surface area contributed by atoms with E-state index in [1.54, 1.807) is 55.5 Å². The highest BCUT2D eigenvalue weighted by molar-refractivity contribution is 6.10. The molecule has 10 heteroatoms. The van der Waals surface area contributed by atoms with Gasteiger partial charge in [0.1, 0.15) is 12.7 Å². The lowest BCUT2D eigenvalue weighted by Gasteiger charge is -2.48. The molecule has 1 amide bonds. The zero-order chi connectivity index (χ0) is 33.3. The van der Waals surface area contributed by atoms with Crippen molar-refractivity contribution in [3.63, 3.8) is 0 Å². The van der Waals surface area contributed by atoms with Gasteiger partial charge in [0, 0.05) is 18.5 Å². The molecule has 0 heterocycles. The summed E-state index contributed by atoms with van der Waals surface area (Å²) < 4.78 is 11.3. The van der Waals surface area contributed by atoms with Gasteiger partial charge < -0.3 is 30.7 Å². The Bertz CT molecular complexity index is 1710. The summed E-state index contributed by atoms with van der Waals surface area (Å²) in [6.45, 7) is 8.71. The normalized spacial score (nSPS) is 33.7. The number of fused-ring (bicyclic) bond motifs is 3. The zero-order valence-electron chi connectivity index (χ0n) is 26.6. The van der Waals surface area contributed by atoms with Crippen LogP contribution in [0.4, 0.5) is 11.4 Å². The number of esters is 2.